The van der Waals surface area contributed by atoms with E-state index in [1.807, 2.05) is 0 Å². The topological polar surface area (TPSA) is 18.5 Å². The average Bonchev–Trinajstić information content (AvgIpc) is 2.59. The van der Waals surface area contributed by atoms with Gasteiger partial charge in [0.1, 0.15) is 0 Å². The molecule has 2 bridgehead atoms. The van der Waals surface area contributed by atoms with Crippen LogP contribution in [0.15, 0.2) is 0 Å². The third-order valence-corrected chi connectivity index (χ3v) is 5.43. The fraction of sp³-hybridized carbons (Fsp3) is 1.00. The van der Waals surface area contributed by atoms with Crippen LogP contribution in [0.2, 0.25) is 0 Å². The van der Waals surface area contributed by atoms with Crippen molar-refractivity contribution in [1.82, 2.24) is 15.1 Å². The molecule has 3 nitrogen and oxygen atoms in total. The molecule has 0 saturated carbocycles. The van der Waals surface area contributed by atoms with E-state index in [2.05, 4.69) is 49.9 Å². The molecule has 3 heteroatoms. The number of rotatable bonds is 5. The monoisotopic (exact) mass is 267 g/mol. The van der Waals surface area contributed by atoms with Crippen molar-refractivity contribution in [2.45, 2.75) is 71.1 Å². The fourth-order valence-corrected chi connectivity index (χ4v) is 3.66. The van der Waals surface area contributed by atoms with Crippen molar-refractivity contribution >= 4 is 0 Å². The fourth-order valence-electron chi connectivity index (χ4n) is 3.66. The van der Waals surface area contributed by atoms with Crippen LogP contribution >= 0.6 is 0 Å². The molecule has 0 aromatic heterocycles. The van der Waals surface area contributed by atoms with Gasteiger partial charge in [-0.2, -0.15) is 0 Å². The van der Waals surface area contributed by atoms with Gasteiger partial charge in [-0.3, -0.25) is 9.80 Å². The first-order valence-electron chi connectivity index (χ1n) is 8.18. The second kappa shape index (κ2) is 6.55. The highest BCUT2D eigenvalue weighted by Gasteiger charge is 2.36. The van der Waals surface area contributed by atoms with Gasteiger partial charge in [0, 0.05) is 30.7 Å². The lowest BCUT2D eigenvalue weighted by Crippen LogP contribution is -2.46. The molecule has 2 fully saturated rings. The van der Waals surface area contributed by atoms with Crippen LogP contribution in [0.1, 0.15) is 47.0 Å². The molecular formula is C16H33N3. The summed E-state index contributed by atoms with van der Waals surface area (Å²) in [5.74, 6) is 0.726. The van der Waals surface area contributed by atoms with Gasteiger partial charge >= 0.3 is 0 Å². The van der Waals surface area contributed by atoms with E-state index in [-0.39, 0.29) is 0 Å². The minimum absolute atomic E-state index is 0.598. The Bertz CT molecular complexity index is 279. The van der Waals surface area contributed by atoms with Gasteiger partial charge in [-0.25, -0.2) is 0 Å². The highest BCUT2D eigenvalue weighted by Crippen LogP contribution is 2.30. The number of hydrogen-bond acceptors (Lipinski definition) is 3. The maximum atomic E-state index is 3.59. The molecule has 0 aromatic rings. The van der Waals surface area contributed by atoms with Gasteiger partial charge in [0.2, 0.25) is 0 Å². The largest absolute Gasteiger partial charge is 0.314 e. The van der Waals surface area contributed by atoms with Crippen LogP contribution in [0.4, 0.5) is 0 Å². The maximum absolute atomic E-state index is 3.59. The predicted molar refractivity (Wildman–Crippen MR) is 82.5 cm³/mol. The lowest BCUT2D eigenvalue weighted by atomic mass is 9.99. The number of fused-ring (bicyclic) bond motifs is 2. The number of likely N-dealkylation sites (N-methyl/N-ethyl adjacent to an activating group) is 1. The molecule has 4 atom stereocenters. The third-order valence-electron chi connectivity index (χ3n) is 5.43. The van der Waals surface area contributed by atoms with Crippen molar-refractivity contribution in [3.05, 3.63) is 0 Å². The highest BCUT2D eigenvalue weighted by atomic mass is 15.3. The standard InChI is InChI=1S/C16H33N3/c1-12(2)17-10-13(3)14(4)19-9-8-15-6-7-16(11-19)18(15)5/h12-17H,6-11H2,1-5H3. The van der Waals surface area contributed by atoms with E-state index in [0.29, 0.717) is 12.1 Å². The van der Waals surface area contributed by atoms with Crippen LogP contribution < -0.4 is 5.32 Å². The van der Waals surface area contributed by atoms with E-state index in [1.54, 1.807) is 0 Å². The molecule has 2 heterocycles. The van der Waals surface area contributed by atoms with Crippen LogP contribution in [0.25, 0.3) is 0 Å². The SMILES string of the molecule is CC(C)NCC(C)C(C)N1CCC2CCC(C1)N2C. The maximum Gasteiger partial charge on any atom is 0.0223 e. The van der Waals surface area contributed by atoms with Crippen LogP contribution in [0.3, 0.4) is 0 Å². The summed E-state index contributed by atoms with van der Waals surface area (Å²) in [5, 5.41) is 3.59. The smallest absolute Gasteiger partial charge is 0.0223 e. The van der Waals surface area contributed by atoms with Crippen molar-refractivity contribution in [3.8, 4) is 0 Å². The summed E-state index contributed by atoms with van der Waals surface area (Å²) in [7, 11) is 2.33. The summed E-state index contributed by atoms with van der Waals surface area (Å²) in [6.07, 6.45) is 4.19. The molecule has 4 unspecified atom stereocenters. The minimum Gasteiger partial charge on any atom is -0.314 e. The van der Waals surface area contributed by atoms with E-state index in [1.165, 1.54) is 32.4 Å². The molecule has 2 saturated heterocycles. The van der Waals surface area contributed by atoms with Crippen LogP contribution in [0.5, 0.6) is 0 Å². The van der Waals surface area contributed by atoms with Gasteiger partial charge < -0.3 is 5.32 Å². The Morgan fingerprint density at radius 2 is 1.74 bits per heavy atom. The van der Waals surface area contributed by atoms with E-state index in [9.17, 15) is 0 Å². The molecule has 0 aliphatic carbocycles. The summed E-state index contributed by atoms with van der Waals surface area (Å²) in [6, 6.07) is 2.95. The lowest BCUT2D eigenvalue weighted by Gasteiger charge is -2.35. The second-order valence-electron chi connectivity index (χ2n) is 7.11. The third kappa shape index (κ3) is 3.71. The van der Waals surface area contributed by atoms with Gasteiger partial charge in [-0.05, 0) is 52.2 Å². The number of nitrogens with zero attached hydrogens (tertiary/aromatic N) is 2. The Balaban J connectivity index is 1.87. The van der Waals surface area contributed by atoms with E-state index >= 15 is 0 Å². The zero-order valence-corrected chi connectivity index (χ0v) is 13.5. The van der Waals surface area contributed by atoms with E-state index < -0.39 is 0 Å². The Morgan fingerprint density at radius 1 is 1.05 bits per heavy atom. The van der Waals surface area contributed by atoms with Gasteiger partial charge in [0.25, 0.3) is 0 Å². The number of nitrogens with one attached hydrogen (secondary N) is 1. The molecule has 2 aliphatic rings. The Kier molecular flexibility index (Phi) is 5.27. The Hall–Kier alpha value is -0.120. The lowest BCUT2D eigenvalue weighted by molar-refractivity contribution is 0.141. The molecule has 19 heavy (non-hydrogen) atoms. The average molecular weight is 267 g/mol. The summed E-state index contributed by atoms with van der Waals surface area (Å²) in [4.78, 5) is 5.39. The Morgan fingerprint density at radius 3 is 2.42 bits per heavy atom. The van der Waals surface area contributed by atoms with Gasteiger partial charge in [0.15, 0.2) is 0 Å². The Labute approximate surface area is 119 Å². The summed E-state index contributed by atoms with van der Waals surface area (Å²) in [5.41, 5.74) is 0. The van der Waals surface area contributed by atoms with Crippen molar-refractivity contribution in [2.24, 2.45) is 5.92 Å². The van der Waals surface area contributed by atoms with Gasteiger partial charge in [-0.1, -0.05) is 20.8 Å². The minimum atomic E-state index is 0.598. The zero-order chi connectivity index (χ0) is 14.0. The van der Waals surface area contributed by atoms with Crippen molar-refractivity contribution in [3.63, 3.8) is 0 Å². The van der Waals surface area contributed by atoms with E-state index in [4.69, 9.17) is 0 Å². The molecule has 0 amide bonds. The number of likely N-dealkylation sites (tertiary alicyclic amines) is 1. The predicted octanol–water partition coefficient (Wildman–Crippen LogP) is 2.18. The van der Waals surface area contributed by atoms with E-state index in [0.717, 1.165) is 24.5 Å². The summed E-state index contributed by atoms with van der Waals surface area (Å²) in [6.45, 7) is 13.0. The van der Waals surface area contributed by atoms with Gasteiger partial charge in [-0.15, -0.1) is 0 Å². The van der Waals surface area contributed by atoms with Crippen molar-refractivity contribution in [1.29, 1.82) is 0 Å². The second-order valence-corrected chi connectivity index (χ2v) is 7.11. The first-order chi connectivity index (χ1) is 8.99. The molecule has 0 spiro atoms. The van der Waals surface area contributed by atoms with Gasteiger partial charge in [0.05, 0.1) is 0 Å². The quantitative estimate of drug-likeness (QED) is 0.824. The molecule has 2 rings (SSSR count). The molecular weight excluding hydrogens is 234 g/mol. The number of hydrogen-bond donors (Lipinski definition) is 1. The van der Waals surface area contributed by atoms with Crippen LogP contribution in [-0.4, -0.2) is 60.6 Å². The van der Waals surface area contributed by atoms with Crippen molar-refractivity contribution < 1.29 is 0 Å². The molecule has 1 N–H and O–H groups in total. The first kappa shape index (κ1) is 15.3. The summed E-state index contributed by atoms with van der Waals surface area (Å²) < 4.78 is 0. The molecule has 112 valence electrons. The van der Waals surface area contributed by atoms with Crippen LogP contribution in [0, 0.1) is 5.92 Å². The molecule has 0 radical (unpaired) electrons. The highest BCUT2D eigenvalue weighted by molar-refractivity contribution is 4.92. The van der Waals surface area contributed by atoms with Crippen LogP contribution in [-0.2, 0) is 0 Å². The first-order valence-corrected chi connectivity index (χ1v) is 8.18. The summed E-state index contributed by atoms with van der Waals surface area (Å²) >= 11 is 0. The normalized spacial score (nSPS) is 32.5. The molecule has 0 aromatic carbocycles. The molecule has 2 aliphatic heterocycles. The zero-order valence-electron chi connectivity index (χ0n) is 13.5. The van der Waals surface area contributed by atoms with Crippen molar-refractivity contribution in [2.75, 3.05) is 26.7 Å².